The zero-order chi connectivity index (χ0) is 15.8. The lowest BCUT2D eigenvalue weighted by Crippen LogP contribution is -2.48. The van der Waals surface area contributed by atoms with Crippen molar-refractivity contribution in [2.75, 3.05) is 13.1 Å². The summed E-state index contributed by atoms with van der Waals surface area (Å²) in [6.07, 6.45) is -0.476. The summed E-state index contributed by atoms with van der Waals surface area (Å²) in [5, 5.41) is 8.88. The van der Waals surface area contributed by atoms with Crippen molar-refractivity contribution in [1.29, 1.82) is 0 Å². The van der Waals surface area contributed by atoms with Crippen LogP contribution in [-0.4, -0.2) is 43.1 Å². The lowest BCUT2D eigenvalue weighted by molar-refractivity contribution is -0.0440. The Bertz CT molecular complexity index is 627. The van der Waals surface area contributed by atoms with Crippen LogP contribution < -0.4 is 0 Å². The van der Waals surface area contributed by atoms with Crippen LogP contribution in [0.2, 0.25) is 5.02 Å². The molecular formula is C13H17ClFNO4S. The maximum absolute atomic E-state index is 13.7. The summed E-state index contributed by atoms with van der Waals surface area (Å²) in [6.45, 7) is 3.42. The molecule has 1 saturated heterocycles. The van der Waals surface area contributed by atoms with Crippen LogP contribution in [0, 0.1) is 5.82 Å². The van der Waals surface area contributed by atoms with Crippen LogP contribution in [0.15, 0.2) is 17.0 Å². The van der Waals surface area contributed by atoms with Crippen LogP contribution in [0.4, 0.5) is 4.39 Å². The van der Waals surface area contributed by atoms with Gasteiger partial charge in [-0.2, -0.15) is 4.31 Å². The van der Waals surface area contributed by atoms with Gasteiger partial charge in [-0.3, -0.25) is 0 Å². The predicted molar refractivity (Wildman–Crippen MR) is 76.1 cm³/mol. The highest BCUT2D eigenvalue weighted by atomic mass is 35.5. The van der Waals surface area contributed by atoms with E-state index in [1.54, 1.807) is 13.8 Å². The van der Waals surface area contributed by atoms with Gasteiger partial charge in [0.1, 0.15) is 5.82 Å². The fourth-order valence-corrected chi connectivity index (χ4v) is 4.18. The molecular weight excluding hydrogens is 321 g/mol. The standard InChI is InChI=1S/C13H17ClFNO4S/c1-8-5-16(6-9(2)20-8)21(18,19)11-3-10(7-17)13(14)12(15)4-11/h3-4,8-9,17H,5-7H2,1-2H3. The molecule has 8 heteroatoms. The van der Waals surface area contributed by atoms with Crippen molar-refractivity contribution in [3.8, 4) is 0 Å². The van der Waals surface area contributed by atoms with Crippen LogP contribution >= 0.6 is 11.6 Å². The van der Waals surface area contributed by atoms with Gasteiger partial charge in [0.15, 0.2) is 0 Å². The molecule has 0 spiro atoms. The number of halogens is 2. The van der Waals surface area contributed by atoms with E-state index in [2.05, 4.69) is 0 Å². The second kappa shape index (κ2) is 6.18. The molecule has 1 aromatic rings. The Hall–Kier alpha value is -0.730. The van der Waals surface area contributed by atoms with Gasteiger partial charge in [0, 0.05) is 18.7 Å². The molecule has 0 amide bonds. The summed E-state index contributed by atoms with van der Waals surface area (Å²) in [4.78, 5) is -0.213. The van der Waals surface area contributed by atoms with Crippen LogP contribution in [0.25, 0.3) is 0 Å². The minimum absolute atomic E-state index is 0.0459. The lowest BCUT2D eigenvalue weighted by atomic mass is 10.2. The zero-order valence-corrected chi connectivity index (χ0v) is 13.3. The molecule has 2 unspecified atom stereocenters. The molecule has 0 aromatic heterocycles. The van der Waals surface area contributed by atoms with Crippen molar-refractivity contribution in [2.24, 2.45) is 0 Å². The number of ether oxygens (including phenoxy) is 1. The van der Waals surface area contributed by atoms with E-state index in [9.17, 15) is 12.8 Å². The van der Waals surface area contributed by atoms with Crippen molar-refractivity contribution in [3.63, 3.8) is 0 Å². The van der Waals surface area contributed by atoms with E-state index in [1.165, 1.54) is 10.4 Å². The van der Waals surface area contributed by atoms with Gasteiger partial charge in [0.05, 0.1) is 28.7 Å². The van der Waals surface area contributed by atoms with Gasteiger partial charge in [0.2, 0.25) is 10.0 Å². The van der Waals surface area contributed by atoms with E-state index >= 15 is 0 Å². The molecule has 118 valence electrons. The fourth-order valence-electron chi connectivity index (χ4n) is 2.36. The van der Waals surface area contributed by atoms with Crippen LogP contribution in [0.5, 0.6) is 0 Å². The van der Waals surface area contributed by atoms with Gasteiger partial charge in [-0.15, -0.1) is 0 Å². The Labute approximate surface area is 128 Å². The number of benzene rings is 1. The first kappa shape index (κ1) is 16.6. The summed E-state index contributed by atoms with van der Waals surface area (Å²) in [7, 11) is -3.86. The van der Waals surface area contributed by atoms with E-state index in [0.717, 1.165) is 6.07 Å². The molecule has 1 aliphatic rings. The van der Waals surface area contributed by atoms with Gasteiger partial charge in [0.25, 0.3) is 0 Å². The van der Waals surface area contributed by atoms with Gasteiger partial charge in [-0.25, -0.2) is 12.8 Å². The first-order valence-electron chi connectivity index (χ1n) is 6.50. The van der Waals surface area contributed by atoms with Crippen molar-refractivity contribution < 1.29 is 22.7 Å². The minimum Gasteiger partial charge on any atom is -0.392 e. The number of hydrogen-bond acceptors (Lipinski definition) is 4. The van der Waals surface area contributed by atoms with Crippen LogP contribution in [-0.2, 0) is 21.4 Å². The lowest BCUT2D eigenvalue weighted by Gasteiger charge is -2.34. The minimum atomic E-state index is -3.86. The predicted octanol–water partition coefficient (Wildman–Crippen LogP) is 1.77. The number of hydrogen-bond donors (Lipinski definition) is 1. The molecule has 0 saturated carbocycles. The summed E-state index contributed by atoms with van der Waals surface area (Å²) in [6, 6.07) is 2.08. The third-order valence-corrected chi connectivity index (χ3v) is 5.50. The molecule has 1 heterocycles. The second-order valence-electron chi connectivity index (χ2n) is 5.12. The van der Waals surface area contributed by atoms with Crippen molar-refractivity contribution in [3.05, 3.63) is 28.5 Å². The first-order chi connectivity index (χ1) is 9.75. The number of aliphatic hydroxyl groups is 1. The number of sulfonamides is 1. The Morgan fingerprint density at radius 2 is 1.95 bits per heavy atom. The van der Waals surface area contributed by atoms with Crippen LogP contribution in [0.3, 0.4) is 0 Å². The zero-order valence-electron chi connectivity index (χ0n) is 11.7. The molecule has 1 N–H and O–H groups in total. The normalized spacial score (nSPS) is 24.2. The molecule has 1 aliphatic heterocycles. The summed E-state index contributed by atoms with van der Waals surface area (Å²) in [5.74, 6) is -0.865. The average Bonchev–Trinajstić information content (AvgIpc) is 2.40. The molecule has 2 atom stereocenters. The second-order valence-corrected chi connectivity index (χ2v) is 7.43. The third kappa shape index (κ3) is 3.37. The topological polar surface area (TPSA) is 66.8 Å². The molecule has 0 radical (unpaired) electrons. The monoisotopic (exact) mass is 337 g/mol. The summed E-state index contributed by atoms with van der Waals surface area (Å²) < 4.78 is 45.7. The molecule has 1 aromatic carbocycles. The third-order valence-electron chi connectivity index (χ3n) is 3.27. The number of morpholine rings is 1. The SMILES string of the molecule is CC1CN(S(=O)(=O)c2cc(F)c(Cl)c(CO)c2)CC(C)O1. The Morgan fingerprint density at radius 3 is 2.48 bits per heavy atom. The Kier molecular flexibility index (Phi) is 4.89. The smallest absolute Gasteiger partial charge is 0.243 e. The van der Waals surface area contributed by atoms with E-state index in [1.807, 2.05) is 0 Å². The van der Waals surface area contributed by atoms with E-state index in [0.29, 0.717) is 0 Å². The van der Waals surface area contributed by atoms with Crippen LogP contribution in [0.1, 0.15) is 19.4 Å². The van der Waals surface area contributed by atoms with E-state index < -0.39 is 22.4 Å². The maximum Gasteiger partial charge on any atom is 0.243 e. The molecule has 1 fully saturated rings. The highest BCUT2D eigenvalue weighted by Crippen LogP contribution is 2.27. The van der Waals surface area contributed by atoms with Crippen molar-refractivity contribution in [1.82, 2.24) is 4.31 Å². The molecule has 0 bridgehead atoms. The highest BCUT2D eigenvalue weighted by Gasteiger charge is 2.33. The van der Waals surface area contributed by atoms with Gasteiger partial charge in [-0.05, 0) is 26.0 Å². The van der Waals surface area contributed by atoms with Gasteiger partial charge < -0.3 is 9.84 Å². The fraction of sp³-hybridized carbons (Fsp3) is 0.538. The largest absolute Gasteiger partial charge is 0.392 e. The molecule has 5 nitrogen and oxygen atoms in total. The summed E-state index contributed by atoms with van der Waals surface area (Å²) >= 11 is 5.68. The van der Waals surface area contributed by atoms with E-state index in [4.69, 9.17) is 21.4 Å². The molecule has 0 aliphatic carbocycles. The highest BCUT2D eigenvalue weighted by molar-refractivity contribution is 7.89. The number of aliphatic hydroxyl groups excluding tert-OH is 1. The van der Waals surface area contributed by atoms with Crippen molar-refractivity contribution >= 4 is 21.6 Å². The van der Waals surface area contributed by atoms with Crippen molar-refractivity contribution in [2.45, 2.75) is 37.6 Å². The van der Waals surface area contributed by atoms with Gasteiger partial charge in [-0.1, -0.05) is 11.6 Å². The molecule has 2 rings (SSSR count). The number of nitrogens with zero attached hydrogens (tertiary/aromatic N) is 1. The quantitative estimate of drug-likeness (QED) is 0.912. The maximum atomic E-state index is 13.7. The Balaban J connectivity index is 2.42. The first-order valence-corrected chi connectivity index (χ1v) is 8.32. The molecule has 21 heavy (non-hydrogen) atoms. The van der Waals surface area contributed by atoms with E-state index in [-0.39, 0.29) is 40.8 Å². The summed E-state index contributed by atoms with van der Waals surface area (Å²) in [5.41, 5.74) is 0.0459. The Morgan fingerprint density at radius 1 is 1.38 bits per heavy atom. The number of rotatable bonds is 3. The average molecular weight is 338 g/mol. The van der Waals surface area contributed by atoms with Gasteiger partial charge >= 0.3 is 0 Å².